The van der Waals surface area contributed by atoms with Gasteiger partial charge in [0, 0.05) is 5.69 Å². The summed E-state index contributed by atoms with van der Waals surface area (Å²) in [4.78, 5) is 0. The minimum absolute atomic E-state index is 0.665. The van der Waals surface area contributed by atoms with Crippen LogP contribution in [0, 0.1) is 11.3 Å². The fraction of sp³-hybridized carbons (Fsp3) is 0.133. The van der Waals surface area contributed by atoms with Crippen LogP contribution in [0.4, 0.5) is 11.4 Å². The molecule has 2 aromatic rings. The van der Waals surface area contributed by atoms with Gasteiger partial charge in [-0.1, -0.05) is 37.3 Å². The molecule has 0 spiro atoms. The number of rotatable bonds is 3. The van der Waals surface area contributed by atoms with E-state index in [2.05, 4.69) is 24.4 Å². The lowest BCUT2D eigenvalue weighted by Crippen LogP contribution is -1.96. The van der Waals surface area contributed by atoms with Crippen molar-refractivity contribution >= 4 is 11.4 Å². The maximum atomic E-state index is 9.03. The molecule has 0 unspecified atom stereocenters. The molecule has 17 heavy (non-hydrogen) atoms. The quantitative estimate of drug-likeness (QED) is 0.855. The summed E-state index contributed by atoms with van der Waals surface area (Å²) in [6, 6.07) is 17.9. The molecule has 0 atom stereocenters. The third-order valence-electron chi connectivity index (χ3n) is 2.72. The number of anilines is 2. The molecule has 0 aliphatic heterocycles. The molecule has 84 valence electrons. The third-order valence-corrected chi connectivity index (χ3v) is 2.72. The Labute approximate surface area is 102 Å². The zero-order valence-electron chi connectivity index (χ0n) is 9.77. The predicted octanol–water partition coefficient (Wildman–Crippen LogP) is 3.86. The minimum atomic E-state index is 0.665. The molecule has 0 saturated carbocycles. The Morgan fingerprint density at radius 1 is 1.00 bits per heavy atom. The minimum Gasteiger partial charge on any atom is -0.354 e. The standard InChI is InChI=1S/C15H14N2/c1-2-12-7-3-5-9-14(12)17-15-10-6-4-8-13(15)11-16/h3-10,17H,2H2,1H3. The molecule has 2 nitrogen and oxygen atoms in total. The van der Waals surface area contributed by atoms with Crippen molar-refractivity contribution in [3.8, 4) is 6.07 Å². The highest BCUT2D eigenvalue weighted by Crippen LogP contribution is 2.23. The Balaban J connectivity index is 2.35. The number of nitriles is 1. The fourth-order valence-electron chi connectivity index (χ4n) is 1.79. The molecule has 0 fully saturated rings. The monoisotopic (exact) mass is 222 g/mol. The average molecular weight is 222 g/mol. The van der Waals surface area contributed by atoms with Gasteiger partial charge in [-0.05, 0) is 30.2 Å². The summed E-state index contributed by atoms with van der Waals surface area (Å²) >= 11 is 0. The molecule has 0 bridgehead atoms. The van der Waals surface area contributed by atoms with E-state index in [0.29, 0.717) is 5.56 Å². The fourth-order valence-corrected chi connectivity index (χ4v) is 1.79. The van der Waals surface area contributed by atoms with Gasteiger partial charge < -0.3 is 5.32 Å². The van der Waals surface area contributed by atoms with Crippen LogP contribution in [-0.2, 0) is 6.42 Å². The number of nitrogens with zero attached hydrogens (tertiary/aromatic N) is 1. The number of nitrogens with one attached hydrogen (secondary N) is 1. The molecule has 2 rings (SSSR count). The van der Waals surface area contributed by atoms with E-state index < -0.39 is 0 Å². The average Bonchev–Trinajstić information content (AvgIpc) is 2.40. The molecule has 2 aromatic carbocycles. The van der Waals surface area contributed by atoms with Gasteiger partial charge in [-0.3, -0.25) is 0 Å². The molecule has 0 amide bonds. The molecule has 2 heteroatoms. The lowest BCUT2D eigenvalue weighted by atomic mass is 10.1. The first-order valence-electron chi connectivity index (χ1n) is 5.69. The highest BCUT2D eigenvalue weighted by molar-refractivity contribution is 5.68. The smallest absolute Gasteiger partial charge is 0.101 e. The van der Waals surface area contributed by atoms with E-state index in [1.54, 1.807) is 0 Å². The second-order valence-corrected chi connectivity index (χ2v) is 3.79. The topological polar surface area (TPSA) is 35.8 Å². The molecular weight excluding hydrogens is 208 g/mol. The zero-order valence-corrected chi connectivity index (χ0v) is 9.77. The Morgan fingerprint density at radius 3 is 2.35 bits per heavy atom. The van der Waals surface area contributed by atoms with Crippen molar-refractivity contribution in [3.63, 3.8) is 0 Å². The highest BCUT2D eigenvalue weighted by atomic mass is 14.9. The van der Waals surface area contributed by atoms with Gasteiger partial charge in [0.1, 0.15) is 6.07 Å². The van der Waals surface area contributed by atoms with Crippen molar-refractivity contribution in [1.29, 1.82) is 5.26 Å². The van der Waals surface area contributed by atoms with Gasteiger partial charge in [0.2, 0.25) is 0 Å². The molecule has 0 aliphatic carbocycles. The molecule has 0 radical (unpaired) electrons. The van der Waals surface area contributed by atoms with Crippen LogP contribution in [0.15, 0.2) is 48.5 Å². The van der Waals surface area contributed by atoms with Crippen molar-refractivity contribution in [2.45, 2.75) is 13.3 Å². The Bertz CT molecular complexity index is 553. The van der Waals surface area contributed by atoms with E-state index in [9.17, 15) is 0 Å². The maximum Gasteiger partial charge on any atom is 0.101 e. The van der Waals surface area contributed by atoms with Crippen LogP contribution in [0.2, 0.25) is 0 Å². The molecule has 1 N–H and O–H groups in total. The second kappa shape index (κ2) is 5.18. The van der Waals surface area contributed by atoms with Crippen LogP contribution in [0.3, 0.4) is 0 Å². The van der Waals surface area contributed by atoms with Gasteiger partial charge in [-0.25, -0.2) is 0 Å². The molecule has 0 saturated heterocycles. The van der Waals surface area contributed by atoms with Crippen LogP contribution in [0.1, 0.15) is 18.1 Å². The second-order valence-electron chi connectivity index (χ2n) is 3.79. The van der Waals surface area contributed by atoms with Gasteiger partial charge in [0.15, 0.2) is 0 Å². The predicted molar refractivity (Wildman–Crippen MR) is 70.3 cm³/mol. The van der Waals surface area contributed by atoms with Crippen molar-refractivity contribution in [2.24, 2.45) is 0 Å². The summed E-state index contributed by atoms with van der Waals surface area (Å²) in [6.45, 7) is 2.12. The van der Waals surface area contributed by atoms with Crippen LogP contribution >= 0.6 is 0 Å². The SMILES string of the molecule is CCc1ccccc1Nc1ccccc1C#N. The first-order chi connectivity index (χ1) is 8.35. The molecule has 0 aromatic heterocycles. The highest BCUT2D eigenvalue weighted by Gasteiger charge is 2.03. The van der Waals surface area contributed by atoms with Crippen LogP contribution in [-0.4, -0.2) is 0 Å². The number of hydrogen-bond donors (Lipinski definition) is 1. The Morgan fingerprint density at radius 2 is 1.65 bits per heavy atom. The maximum absolute atomic E-state index is 9.03. The van der Waals surface area contributed by atoms with Gasteiger partial charge in [0.05, 0.1) is 11.3 Å². The summed E-state index contributed by atoms with van der Waals surface area (Å²) in [7, 11) is 0. The summed E-state index contributed by atoms with van der Waals surface area (Å²) in [6.07, 6.45) is 0.970. The van der Waals surface area contributed by atoms with E-state index in [0.717, 1.165) is 17.8 Å². The number of para-hydroxylation sites is 2. The van der Waals surface area contributed by atoms with Gasteiger partial charge in [-0.2, -0.15) is 5.26 Å². The van der Waals surface area contributed by atoms with Crippen molar-refractivity contribution < 1.29 is 0 Å². The molecular formula is C15H14N2. The lowest BCUT2D eigenvalue weighted by molar-refractivity contribution is 1.14. The van der Waals surface area contributed by atoms with E-state index in [1.165, 1.54) is 5.56 Å². The van der Waals surface area contributed by atoms with Crippen LogP contribution in [0.5, 0.6) is 0 Å². The van der Waals surface area contributed by atoms with E-state index in [-0.39, 0.29) is 0 Å². The first-order valence-corrected chi connectivity index (χ1v) is 5.69. The zero-order chi connectivity index (χ0) is 12.1. The number of hydrogen-bond acceptors (Lipinski definition) is 2. The summed E-state index contributed by atoms with van der Waals surface area (Å²) in [5.41, 5.74) is 3.84. The largest absolute Gasteiger partial charge is 0.354 e. The molecule has 0 heterocycles. The normalized spacial score (nSPS) is 9.65. The van der Waals surface area contributed by atoms with E-state index in [1.807, 2.05) is 42.5 Å². The van der Waals surface area contributed by atoms with Gasteiger partial charge >= 0.3 is 0 Å². The van der Waals surface area contributed by atoms with Crippen molar-refractivity contribution in [2.75, 3.05) is 5.32 Å². The molecule has 0 aliphatic rings. The van der Waals surface area contributed by atoms with Gasteiger partial charge in [0.25, 0.3) is 0 Å². The lowest BCUT2D eigenvalue weighted by Gasteiger charge is -2.11. The van der Waals surface area contributed by atoms with Crippen molar-refractivity contribution in [3.05, 3.63) is 59.7 Å². The third kappa shape index (κ3) is 2.46. The van der Waals surface area contributed by atoms with E-state index in [4.69, 9.17) is 5.26 Å². The summed E-state index contributed by atoms with van der Waals surface area (Å²) in [5.74, 6) is 0. The van der Waals surface area contributed by atoms with Crippen LogP contribution < -0.4 is 5.32 Å². The van der Waals surface area contributed by atoms with Crippen LogP contribution in [0.25, 0.3) is 0 Å². The number of benzene rings is 2. The van der Waals surface area contributed by atoms with Crippen molar-refractivity contribution in [1.82, 2.24) is 0 Å². The summed E-state index contributed by atoms with van der Waals surface area (Å²) < 4.78 is 0. The summed E-state index contributed by atoms with van der Waals surface area (Å²) in [5, 5.41) is 12.4. The number of aryl methyl sites for hydroxylation is 1. The Hall–Kier alpha value is -2.27. The Kier molecular flexibility index (Phi) is 3.42. The van der Waals surface area contributed by atoms with E-state index >= 15 is 0 Å². The van der Waals surface area contributed by atoms with Gasteiger partial charge in [-0.15, -0.1) is 0 Å². The first kappa shape index (κ1) is 11.2.